The zero-order valence-corrected chi connectivity index (χ0v) is 8.00. The molecule has 0 fully saturated rings. The van der Waals surface area contributed by atoms with E-state index in [-0.39, 0.29) is 0 Å². The monoisotopic (exact) mass is 258 g/mol. The van der Waals surface area contributed by atoms with Gasteiger partial charge in [-0.3, -0.25) is 0 Å². The SMILES string of the molecule is N#Cc1ccc(N)cc1CI. The third-order valence-electron chi connectivity index (χ3n) is 1.39. The first kappa shape index (κ1) is 8.34. The fourth-order valence-corrected chi connectivity index (χ4v) is 1.46. The van der Waals surface area contributed by atoms with E-state index in [0.717, 1.165) is 15.7 Å². The first-order valence-electron chi connectivity index (χ1n) is 3.12. The van der Waals surface area contributed by atoms with Gasteiger partial charge in [-0.1, -0.05) is 22.6 Å². The lowest BCUT2D eigenvalue weighted by atomic mass is 10.1. The fourth-order valence-electron chi connectivity index (χ4n) is 0.833. The number of nitrogens with zero attached hydrogens (tertiary/aromatic N) is 1. The van der Waals surface area contributed by atoms with Gasteiger partial charge in [-0.15, -0.1) is 0 Å². The molecule has 0 atom stereocenters. The largest absolute Gasteiger partial charge is 0.399 e. The molecule has 0 aliphatic heterocycles. The Balaban J connectivity index is 3.19. The molecular weight excluding hydrogens is 251 g/mol. The van der Waals surface area contributed by atoms with Gasteiger partial charge in [0, 0.05) is 10.1 Å². The van der Waals surface area contributed by atoms with Crippen LogP contribution in [0, 0.1) is 11.3 Å². The smallest absolute Gasteiger partial charge is 0.0994 e. The molecule has 0 saturated carbocycles. The standard InChI is InChI=1S/C8H7IN2/c9-4-7-3-8(11)2-1-6(7)5-10/h1-3H,4,11H2. The van der Waals surface area contributed by atoms with Crippen LogP contribution in [-0.4, -0.2) is 0 Å². The van der Waals surface area contributed by atoms with E-state index in [4.69, 9.17) is 11.0 Å². The number of nitrogens with two attached hydrogens (primary N) is 1. The lowest BCUT2D eigenvalue weighted by Crippen LogP contribution is -1.90. The molecule has 0 spiro atoms. The van der Waals surface area contributed by atoms with E-state index in [1.165, 1.54) is 0 Å². The van der Waals surface area contributed by atoms with Crippen LogP contribution in [0.15, 0.2) is 18.2 Å². The van der Waals surface area contributed by atoms with Gasteiger partial charge in [-0.2, -0.15) is 5.26 Å². The molecule has 1 aromatic rings. The highest BCUT2D eigenvalue weighted by atomic mass is 127. The lowest BCUT2D eigenvalue weighted by molar-refractivity contribution is 1.39. The van der Waals surface area contributed by atoms with Gasteiger partial charge in [0.15, 0.2) is 0 Å². The summed E-state index contributed by atoms with van der Waals surface area (Å²) in [7, 11) is 0. The van der Waals surface area contributed by atoms with Gasteiger partial charge in [-0.05, 0) is 23.8 Å². The Morgan fingerprint density at radius 2 is 2.27 bits per heavy atom. The minimum Gasteiger partial charge on any atom is -0.399 e. The molecule has 56 valence electrons. The predicted molar refractivity (Wildman–Crippen MR) is 53.3 cm³/mol. The van der Waals surface area contributed by atoms with Crippen LogP contribution in [0.4, 0.5) is 5.69 Å². The molecule has 3 heteroatoms. The van der Waals surface area contributed by atoms with Crippen molar-refractivity contribution in [3.63, 3.8) is 0 Å². The van der Waals surface area contributed by atoms with Crippen molar-refractivity contribution < 1.29 is 0 Å². The third kappa shape index (κ3) is 1.84. The van der Waals surface area contributed by atoms with Crippen LogP contribution in [0.2, 0.25) is 0 Å². The molecule has 1 rings (SSSR count). The fraction of sp³-hybridized carbons (Fsp3) is 0.125. The summed E-state index contributed by atoms with van der Waals surface area (Å²) in [6, 6.07) is 7.45. The third-order valence-corrected chi connectivity index (χ3v) is 2.22. The van der Waals surface area contributed by atoms with Crippen molar-refractivity contribution in [2.45, 2.75) is 4.43 Å². The van der Waals surface area contributed by atoms with Gasteiger partial charge in [-0.25, -0.2) is 0 Å². The van der Waals surface area contributed by atoms with Gasteiger partial charge in [0.05, 0.1) is 11.6 Å². The number of halogens is 1. The van der Waals surface area contributed by atoms with E-state index in [0.29, 0.717) is 5.56 Å². The quantitative estimate of drug-likeness (QED) is 0.476. The second-order valence-corrected chi connectivity index (χ2v) is 2.92. The summed E-state index contributed by atoms with van der Waals surface area (Å²) in [5.41, 5.74) is 7.99. The van der Waals surface area contributed by atoms with Gasteiger partial charge >= 0.3 is 0 Å². The van der Waals surface area contributed by atoms with Crippen LogP contribution >= 0.6 is 22.6 Å². The van der Waals surface area contributed by atoms with Gasteiger partial charge in [0.1, 0.15) is 0 Å². The lowest BCUT2D eigenvalue weighted by Gasteiger charge is -1.99. The highest BCUT2D eigenvalue weighted by Gasteiger charge is 1.99. The number of hydrogen-bond acceptors (Lipinski definition) is 2. The van der Waals surface area contributed by atoms with E-state index >= 15 is 0 Å². The summed E-state index contributed by atoms with van der Waals surface area (Å²) < 4.78 is 0.825. The molecule has 1 aromatic carbocycles. The highest BCUT2D eigenvalue weighted by Crippen LogP contribution is 2.15. The molecule has 11 heavy (non-hydrogen) atoms. The van der Waals surface area contributed by atoms with Gasteiger partial charge in [0.25, 0.3) is 0 Å². The van der Waals surface area contributed by atoms with Crippen LogP contribution in [0.25, 0.3) is 0 Å². The van der Waals surface area contributed by atoms with E-state index in [1.54, 1.807) is 12.1 Å². The summed E-state index contributed by atoms with van der Waals surface area (Å²) in [4.78, 5) is 0. The summed E-state index contributed by atoms with van der Waals surface area (Å²) in [5.74, 6) is 0. The number of rotatable bonds is 1. The number of alkyl halides is 1. The molecule has 0 aliphatic rings. The summed E-state index contributed by atoms with van der Waals surface area (Å²) >= 11 is 2.21. The molecular formula is C8H7IN2. The Morgan fingerprint density at radius 1 is 1.55 bits per heavy atom. The highest BCUT2D eigenvalue weighted by molar-refractivity contribution is 14.1. The van der Waals surface area contributed by atoms with Crippen molar-refractivity contribution in [3.05, 3.63) is 29.3 Å². The first-order valence-corrected chi connectivity index (χ1v) is 4.65. The Morgan fingerprint density at radius 3 is 2.82 bits per heavy atom. The predicted octanol–water partition coefficient (Wildman–Crippen LogP) is 2.08. The van der Waals surface area contributed by atoms with Crippen molar-refractivity contribution in [2.24, 2.45) is 0 Å². The molecule has 0 radical (unpaired) electrons. The molecule has 0 bridgehead atoms. The summed E-state index contributed by atoms with van der Waals surface area (Å²) in [6.45, 7) is 0. The zero-order valence-electron chi connectivity index (χ0n) is 5.84. The maximum atomic E-state index is 8.65. The molecule has 0 heterocycles. The van der Waals surface area contributed by atoms with Gasteiger partial charge < -0.3 is 5.73 Å². The summed E-state index contributed by atoms with van der Waals surface area (Å²) in [5, 5.41) is 8.65. The first-order chi connectivity index (χ1) is 5.27. The van der Waals surface area contributed by atoms with E-state index < -0.39 is 0 Å². The molecule has 0 unspecified atom stereocenters. The average Bonchev–Trinajstić information content (AvgIpc) is 2.04. The number of nitrogen functional groups attached to an aromatic ring is 1. The Kier molecular flexibility index (Phi) is 2.71. The van der Waals surface area contributed by atoms with Crippen molar-refractivity contribution in [1.29, 1.82) is 5.26 Å². The van der Waals surface area contributed by atoms with Crippen LogP contribution < -0.4 is 5.73 Å². The van der Waals surface area contributed by atoms with Crippen LogP contribution in [0.5, 0.6) is 0 Å². The Bertz CT molecular complexity index is 301. The normalized spacial score (nSPS) is 9.09. The minimum atomic E-state index is 0.716. The van der Waals surface area contributed by atoms with Crippen LogP contribution in [0.1, 0.15) is 11.1 Å². The van der Waals surface area contributed by atoms with E-state index in [9.17, 15) is 0 Å². The maximum Gasteiger partial charge on any atom is 0.0994 e. The van der Waals surface area contributed by atoms with Crippen molar-refractivity contribution >= 4 is 28.3 Å². The zero-order chi connectivity index (χ0) is 8.27. The molecule has 0 aromatic heterocycles. The maximum absolute atomic E-state index is 8.65. The van der Waals surface area contributed by atoms with Crippen LogP contribution in [-0.2, 0) is 4.43 Å². The number of benzene rings is 1. The molecule has 0 saturated heterocycles. The van der Waals surface area contributed by atoms with E-state index in [1.807, 2.05) is 6.07 Å². The number of hydrogen-bond donors (Lipinski definition) is 1. The van der Waals surface area contributed by atoms with Crippen LogP contribution in [0.3, 0.4) is 0 Å². The van der Waals surface area contributed by atoms with E-state index in [2.05, 4.69) is 28.7 Å². The molecule has 2 nitrogen and oxygen atoms in total. The minimum absolute atomic E-state index is 0.716. The number of nitriles is 1. The summed E-state index contributed by atoms with van der Waals surface area (Å²) in [6.07, 6.45) is 0. The second kappa shape index (κ2) is 3.58. The van der Waals surface area contributed by atoms with Gasteiger partial charge in [0.2, 0.25) is 0 Å². The second-order valence-electron chi connectivity index (χ2n) is 2.16. The molecule has 0 amide bonds. The van der Waals surface area contributed by atoms with Crippen molar-refractivity contribution in [1.82, 2.24) is 0 Å². The molecule has 0 aliphatic carbocycles. The molecule has 2 N–H and O–H groups in total. The topological polar surface area (TPSA) is 49.8 Å². The Labute approximate surface area is 79.2 Å². The number of anilines is 1. The average molecular weight is 258 g/mol. The Hall–Kier alpha value is -0.760. The van der Waals surface area contributed by atoms with Crippen molar-refractivity contribution in [2.75, 3.05) is 5.73 Å². The van der Waals surface area contributed by atoms with Crippen molar-refractivity contribution in [3.8, 4) is 6.07 Å².